The van der Waals surface area contributed by atoms with Gasteiger partial charge in [-0.05, 0) is 68.7 Å². The Hall–Kier alpha value is -5.14. The smallest absolute Gasteiger partial charge is 0.264 e. The molecule has 2 amide bonds. The van der Waals surface area contributed by atoms with Crippen LogP contribution in [0.25, 0.3) is 70.5 Å². The third-order valence-corrected chi connectivity index (χ3v) is 8.27. The van der Waals surface area contributed by atoms with E-state index in [0.717, 1.165) is 59.0 Å². The molecule has 1 aliphatic rings. The van der Waals surface area contributed by atoms with E-state index in [2.05, 4.69) is 6.07 Å². The van der Waals surface area contributed by atoms with Crippen LogP contribution in [0.4, 0.5) is 0 Å². The number of carbonyl (C=O) groups excluding carboxylic acids is 2. The van der Waals surface area contributed by atoms with Crippen LogP contribution in [0.5, 0.6) is 0 Å². The number of imidazole rings is 1. The molecule has 7 heteroatoms. The Morgan fingerprint density at radius 3 is 1.79 bits per heavy atom. The lowest BCUT2D eigenvalue weighted by Gasteiger charge is -2.27. The molecule has 0 saturated heterocycles. The van der Waals surface area contributed by atoms with E-state index in [0.29, 0.717) is 27.5 Å². The molecule has 6 aromatic carbocycles. The van der Waals surface area contributed by atoms with E-state index in [9.17, 15) is 14.4 Å². The average Bonchev–Trinajstić information content (AvgIpc) is 3.34. The summed E-state index contributed by atoms with van der Waals surface area (Å²) in [5, 5.41) is 8.76. The van der Waals surface area contributed by atoms with Crippen LogP contribution in [0, 0.1) is 0 Å². The summed E-state index contributed by atoms with van der Waals surface area (Å²) in [7, 11) is 0. The molecule has 0 radical (unpaired) electrons. The third kappa shape index (κ3) is 2.05. The molecule has 0 aliphatic carbocycles. The average molecular weight is 492 g/mol. The molecule has 7 nitrogen and oxygen atoms in total. The van der Waals surface area contributed by atoms with Gasteiger partial charge in [0.2, 0.25) is 0 Å². The number of hydrogen-bond donors (Lipinski definition) is 1. The Morgan fingerprint density at radius 2 is 1.13 bits per heavy atom. The topological polar surface area (TPSA) is 97.8 Å². The van der Waals surface area contributed by atoms with E-state index in [1.807, 2.05) is 54.6 Å². The fourth-order valence-corrected chi connectivity index (χ4v) is 6.69. The number of amides is 2. The molecule has 0 spiro atoms. The molecular weight excluding hydrogens is 476 g/mol. The molecule has 178 valence electrons. The van der Waals surface area contributed by atoms with E-state index >= 15 is 0 Å². The molecule has 0 saturated carbocycles. The molecule has 2 N–H and O–H groups in total. The van der Waals surface area contributed by atoms with Crippen molar-refractivity contribution in [1.82, 2.24) is 14.3 Å². The van der Waals surface area contributed by atoms with Gasteiger partial charge in [0, 0.05) is 32.7 Å². The number of carbonyl (C=O) groups is 2. The monoisotopic (exact) mass is 492 g/mol. The van der Waals surface area contributed by atoms with Crippen LogP contribution in [-0.2, 0) is 0 Å². The maximum absolute atomic E-state index is 13.8. The number of para-hydroxylation sites is 2. The van der Waals surface area contributed by atoms with Crippen molar-refractivity contribution in [2.45, 2.75) is 0 Å². The summed E-state index contributed by atoms with van der Waals surface area (Å²) in [5.41, 5.74) is 8.81. The zero-order valence-electron chi connectivity index (χ0n) is 19.8. The highest BCUT2D eigenvalue weighted by Gasteiger charge is 2.33. The van der Waals surface area contributed by atoms with Crippen molar-refractivity contribution in [1.29, 1.82) is 0 Å². The Kier molecular flexibility index (Phi) is 3.36. The van der Waals surface area contributed by atoms with Crippen molar-refractivity contribution >= 4 is 82.4 Å². The van der Waals surface area contributed by atoms with Gasteiger partial charge in [-0.25, -0.2) is 4.98 Å². The van der Waals surface area contributed by atoms with Crippen LogP contribution >= 0.6 is 0 Å². The predicted octanol–water partition coefficient (Wildman–Crippen LogP) is 5.00. The second kappa shape index (κ2) is 6.40. The van der Waals surface area contributed by atoms with Gasteiger partial charge in [0.15, 0.2) is 0 Å². The number of rotatable bonds is 1. The Labute approximate surface area is 213 Å². The van der Waals surface area contributed by atoms with E-state index in [1.165, 1.54) is 0 Å². The second-order valence-electron chi connectivity index (χ2n) is 9.93. The van der Waals surface area contributed by atoms with Gasteiger partial charge in [-0.15, -0.1) is 0 Å². The van der Waals surface area contributed by atoms with Gasteiger partial charge in [0.1, 0.15) is 5.65 Å². The van der Waals surface area contributed by atoms with E-state index < -0.39 is 0 Å². The minimum Gasteiger partial charge on any atom is -0.313 e. The van der Waals surface area contributed by atoms with Crippen LogP contribution in [0.1, 0.15) is 20.7 Å². The number of hydrogen-bond acceptors (Lipinski definition) is 5. The lowest BCUT2D eigenvalue weighted by molar-refractivity contribution is 0.0615. The van der Waals surface area contributed by atoms with Gasteiger partial charge >= 0.3 is 0 Å². The van der Waals surface area contributed by atoms with Crippen LogP contribution in [0.3, 0.4) is 0 Å². The maximum atomic E-state index is 13.8. The van der Waals surface area contributed by atoms with Gasteiger partial charge in [0.05, 0.1) is 17.7 Å². The second-order valence-corrected chi connectivity index (χ2v) is 9.93. The predicted molar refractivity (Wildman–Crippen MR) is 148 cm³/mol. The first-order valence-corrected chi connectivity index (χ1v) is 12.4. The minimum absolute atomic E-state index is 0.0981. The van der Waals surface area contributed by atoms with Crippen molar-refractivity contribution in [3.8, 4) is 0 Å². The van der Waals surface area contributed by atoms with E-state index in [-0.39, 0.29) is 24.0 Å². The zero-order valence-corrected chi connectivity index (χ0v) is 19.8. The van der Waals surface area contributed by atoms with Gasteiger partial charge in [-0.1, -0.05) is 36.4 Å². The number of benzene rings is 6. The Balaban J connectivity index is 1.54. The summed E-state index contributed by atoms with van der Waals surface area (Å²) in [6, 6.07) is 23.1. The van der Waals surface area contributed by atoms with Gasteiger partial charge in [0.25, 0.3) is 17.4 Å². The van der Waals surface area contributed by atoms with Crippen LogP contribution in [0.2, 0.25) is 0 Å². The highest BCUT2D eigenvalue weighted by molar-refractivity contribution is 6.40. The normalized spacial score (nSPS) is 14.2. The number of nitrogens with two attached hydrogens (primary N) is 1. The molecule has 2 aromatic heterocycles. The van der Waals surface area contributed by atoms with Gasteiger partial charge in [-0.3, -0.25) is 23.7 Å². The molecule has 1 aliphatic heterocycles. The van der Waals surface area contributed by atoms with Gasteiger partial charge in [-0.2, -0.15) is 0 Å². The van der Waals surface area contributed by atoms with E-state index in [1.54, 1.807) is 16.5 Å². The van der Waals surface area contributed by atoms with Crippen LogP contribution in [-0.4, -0.2) is 32.8 Å². The third-order valence-electron chi connectivity index (χ3n) is 8.27. The van der Waals surface area contributed by atoms with Crippen molar-refractivity contribution in [3.63, 3.8) is 0 Å². The van der Waals surface area contributed by atoms with Crippen LogP contribution < -0.4 is 11.3 Å². The van der Waals surface area contributed by atoms with Crippen molar-refractivity contribution in [3.05, 3.63) is 94.3 Å². The number of aromatic nitrogens is 2. The van der Waals surface area contributed by atoms with Crippen molar-refractivity contribution < 1.29 is 9.59 Å². The van der Waals surface area contributed by atoms with Gasteiger partial charge < -0.3 is 5.73 Å². The molecule has 8 aromatic rings. The minimum atomic E-state index is -0.380. The standard InChI is InChI=1S/C31H16N4O3/c32-13-34-29(36)19-10-6-16-14-5-9-18-26-21(31(38)35-23-4-2-1-3-22(23)33-28(18)35)12-8-15(24(14)26)17-7-11-20(30(34)37)27(19)25(16)17/h1-12H,13,32H2. The molecule has 0 atom stereocenters. The molecule has 0 fully saturated rings. The molecular formula is C31H16N4O3. The zero-order chi connectivity index (χ0) is 25.4. The highest BCUT2D eigenvalue weighted by Crippen LogP contribution is 2.45. The number of imide groups is 1. The quantitative estimate of drug-likeness (QED) is 0.198. The lowest BCUT2D eigenvalue weighted by atomic mass is 9.84. The molecule has 0 bridgehead atoms. The number of fused-ring (bicyclic) bond motifs is 6. The maximum Gasteiger partial charge on any atom is 0.264 e. The first-order valence-electron chi connectivity index (χ1n) is 12.4. The molecule has 0 unspecified atom stereocenters. The first kappa shape index (κ1) is 20.0. The fraction of sp³-hybridized carbons (Fsp3) is 0.0323. The summed E-state index contributed by atoms with van der Waals surface area (Å²) in [6.45, 7) is -0.172. The van der Waals surface area contributed by atoms with Crippen LogP contribution in [0.15, 0.2) is 77.6 Å². The Morgan fingerprint density at radius 1 is 0.605 bits per heavy atom. The molecule has 3 heterocycles. The van der Waals surface area contributed by atoms with E-state index in [4.69, 9.17) is 10.7 Å². The highest BCUT2D eigenvalue weighted by atomic mass is 16.2. The summed E-state index contributed by atoms with van der Waals surface area (Å²) in [6.07, 6.45) is 0. The Bertz CT molecular complexity index is 2390. The molecule has 38 heavy (non-hydrogen) atoms. The molecule has 9 rings (SSSR count). The number of nitrogens with zero attached hydrogens (tertiary/aromatic N) is 3. The van der Waals surface area contributed by atoms with Crippen molar-refractivity contribution in [2.24, 2.45) is 5.73 Å². The SMILES string of the molecule is NCN1C(=O)c2ccc3c4ccc5c(=O)n6c7ccccc7nc6c6ccc(c7ccc(c2c37)C1=O)c4c56. The first-order chi connectivity index (χ1) is 18.6. The fourth-order valence-electron chi connectivity index (χ4n) is 6.69. The lowest BCUT2D eigenvalue weighted by Crippen LogP contribution is -2.43. The summed E-state index contributed by atoms with van der Waals surface area (Å²) < 4.78 is 1.71. The summed E-state index contributed by atoms with van der Waals surface area (Å²) in [5.74, 6) is -0.761. The largest absolute Gasteiger partial charge is 0.313 e. The summed E-state index contributed by atoms with van der Waals surface area (Å²) >= 11 is 0. The van der Waals surface area contributed by atoms with Crippen molar-refractivity contribution in [2.75, 3.05) is 6.67 Å². The summed E-state index contributed by atoms with van der Waals surface area (Å²) in [4.78, 5) is 46.1. The number of pyridine rings is 1.